The summed E-state index contributed by atoms with van der Waals surface area (Å²) in [5, 5.41) is 0.653. The van der Waals surface area contributed by atoms with Crippen molar-refractivity contribution in [3.63, 3.8) is 0 Å². The molecule has 150 valence electrons. The Labute approximate surface area is 169 Å². The maximum absolute atomic E-state index is 13.0. The smallest absolute Gasteiger partial charge is 0.260 e. The average molecular weight is 393 g/mol. The van der Waals surface area contributed by atoms with Crippen molar-refractivity contribution in [3.8, 4) is 11.5 Å². The first-order chi connectivity index (χ1) is 14.2. The molecule has 1 saturated heterocycles. The second-order valence-corrected chi connectivity index (χ2v) is 7.10. The van der Waals surface area contributed by atoms with Crippen LogP contribution < -0.4 is 9.47 Å². The minimum Gasteiger partial charge on any atom is -0.497 e. The summed E-state index contributed by atoms with van der Waals surface area (Å²) >= 11 is 0. The number of rotatable bonds is 6. The summed E-state index contributed by atoms with van der Waals surface area (Å²) in [6.07, 6.45) is 4.71. The van der Waals surface area contributed by atoms with Gasteiger partial charge in [-0.2, -0.15) is 0 Å². The average Bonchev–Trinajstić information content (AvgIpc) is 3.20. The summed E-state index contributed by atoms with van der Waals surface area (Å²) in [4.78, 5) is 27.1. The summed E-state index contributed by atoms with van der Waals surface area (Å²) in [6, 6.07) is 12.2. The third-order valence-electron chi connectivity index (χ3n) is 5.19. The molecule has 0 unspecified atom stereocenters. The van der Waals surface area contributed by atoms with Crippen LogP contribution in [0.5, 0.6) is 11.5 Å². The molecule has 1 fully saturated rings. The van der Waals surface area contributed by atoms with Crippen LogP contribution in [0, 0.1) is 0 Å². The van der Waals surface area contributed by atoms with Crippen LogP contribution in [0.2, 0.25) is 0 Å². The number of ketones is 1. The third-order valence-corrected chi connectivity index (χ3v) is 5.19. The maximum atomic E-state index is 13.0. The van der Waals surface area contributed by atoms with Gasteiger partial charge in [-0.15, -0.1) is 0 Å². The fourth-order valence-corrected chi connectivity index (χ4v) is 3.57. The van der Waals surface area contributed by atoms with Gasteiger partial charge in [0.05, 0.1) is 12.7 Å². The molecule has 1 aliphatic heterocycles. The lowest BCUT2D eigenvalue weighted by Gasteiger charge is -2.26. The van der Waals surface area contributed by atoms with Gasteiger partial charge in [0.15, 0.2) is 12.4 Å². The van der Waals surface area contributed by atoms with Crippen molar-refractivity contribution < 1.29 is 23.5 Å². The normalized spacial score (nSPS) is 14.0. The van der Waals surface area contributed by atoms with E-state index in [1.165, 1.54) is 12.7 Å². The molecule has 6 nitrogen and oxygen atoms in total. The first kappa shape index (κ1) is 19.1. The fraction of sp³-hybridized carbons (Fsp3) is 0.304. The first-order valence-electron chi connectivity index (χ1n) is 9.76. The van der Waals surface area contributed by atoms with Gasteiger partial charge in [0, 0.05) is 24.0 Å². The predicted octanol–water partition coefficient (Wildman–Crippen LogP) is 4.06. The number of furan rings is 1. The molecule has 2 aromatic carbocycles. The zero-order chi connectivity index (χ0) is 20.2. The van der Waals surface area contributed by atoms with Crippen molar-refractivity contribution in [2.45, 2.75) is 19.3 Å². The van der Waals surface area contributed by atoms with Crippen LogP contribution in [-0.4, -0.2) is 43.4 Å². The quantitative estimate of drug-likeness (QED) is 0.591. The molecular weight excluding hydrogens is 370 g/mol. The van der Waals surface area contributed by atoms with Gasteiger partial charge < -0.3 is 18.8 Å². The van der Waals surface area contributed by atoms with E-state index in [0.29, 0.717) is 33.6 Å². The fourth-order valence-electron chi connectivity index (χ4n) is 3.57. The molecule has 0 spiro atoms. The monoisotopic (exact) mass is 393 g/mol. The van der Waals surface area contributed by atoms with Crippen LogP contribution in [0.4, 0.5) is 0 Å². The van der Waals surface area contributed by atoms with E-state index in [2.05, 4.69) is 0 Å². The number of ether oxygens (including phenoxy) is 2. The lowest BCUT2D eigenvalue weighted by molar-refractivity contribution is -0.134. The van der Waals surface area contributed by atoms with Crippen molar-refractivity contribution in [1.82, 2.24) is 4.90 Å². The SMILES string of the molecule is COc1cccc(C(=O)c2coc3ccc(OCC(=O)N4CCCCC4)cc23)c1. The number of nitrogens with zero attached hydrogens (tertiary/aromatic N) is 1. The van der Waals surface area contributed by atoms with E-state index >= 15 is 0 Å². The molecule has 0 saturated carbocycles. The summed E-state index contributed by atoms with van der Waals surface area (Å²) in [5.74, 6) is 0.974. The summed E-state index contributed by atoms with van der Waals surface area (Å²) in [7, 11) is 1.56. The molecule has 2 heterocycles. The highest BCUT2D eigenvalue weighted by atomic mass is 16.5. The Morgan fingerprint density at radius 2 is 1.86 bits per heavy atom. The van der Waals surface area contributed by atoms with E-state index in [9.17, 15) is 9.59 Å². The number of likely N-dealkylation sites (tertiary alicyclic amines) is 1. The van der Waals surface area contributed by atoms with Gasteiger partial charge in [-0.05, 0) is 49.6 Å². The summed E-state index contributed by atoms with van der Waals surface area (Å²) in [6.45, 7) is 1.58. The zero-order valence-electron chi connectivity index (χ0n) is 16.3. The molecular formula is C23H23NO5. The molecule has 6 heteroatoms. The van der Waals surface area contributed by atoms with Gasteiger partial charge >= 0.3 is 0 Å². The van der Waals surface area contributed by atoms with Crippen molar-refractivity contribution in [3.05, 3.63) is 59.9 Å². The highest BCUT2D eigenvalue weighted by Crippen LogP contribution is 2.28. The topological polar surface area (TPSA) is 69.0 Å². The number of piperidine rings is 1. The number of hydrogen-bond donors (Lipinski definition) is 0. The van der Waals surface area contributed by atoms with Crippen LogP contribution in [0.3, 0.4) is 0 Å². The third kappa shape index (κ3) is 4.11. The first-order valence-corrected chi connectivity index (χ1v) is 9.76. The lowest BCUT2D eigenvalue weighted by atomic mass is 10.0. The van der Waals surface area contributed by atoms with Gasteiger partial charge in [-0.1, -0.05) is 12.1 Å². The second-order valence-electron chi connectivity index (χ2n) is 7.10. The van der Waals surface area contributed by atoms with Crippen molar-refractivity contribution in [2.75, 3.05) is 26.8 Å². The van der Waals surface area contributed by atoms with E-state index < -0.39 is 0 Å². The summed E-state index contributed by atoms with van der Waals surface area (Å²) in [5.41, 5.74) is 1.55. The molecule has 29 heavy (non-hydrogen) atoms. The van der Waals surface area contributed by atoms with Gasteiger partial charge in [0.2, 0.25) is 0 Å². The largest absolute Gasteiger partial charge is 0.497 e. The van der Waals surface area contributed by atoms with Gasteiger partial charge in [-0.3, -0.25) is 9.59 Å². The van der Waals surface area contributed by atoms with E-state index in [-0.39, 0.29) is 18.3 Å². The lowest BCUT2D eigenvalue weighted by Crippen LogP contribution is -2.38. The molecule has 0 aliphatic carbocycles. The van der Waals surface area contributed by atoms with Crippen LogP contribution in [0.1, 0.15) is 35.2 Å². The molecule has 3 aromatic rings. The number of amides is 1. The Bertz CT molecular complexity index is 1030. The number of hydrogen-bond acceptors (Lipinski definition) is 5. The number of methoxy groups -OCH3 is 1. The maximum Gasteiger partial charge on any atom is 0.260 e. The van der Waals surface area contributed by atoms with Crippen molar-refractivity contribution in [1.29, 1.82) is 0 Å². The molecule has 1 aromatic heterocycles. The molecule has 4 rings (SSSR count). The molecule has 1 aliphatic rings. The Hall–Kier alpha value is -3.28. The number of carbonyl (C=O) groups excluding carboxylic acids is 2. The molecule has 0 radical (unpaired) electrons. The molecule has 0 bridgehead atoms. The molecule has 1 amide bonds. The van der Waals surface area contributed by atoms with Crippen LogP contribution >= 0.6 is 0 Å². The second kappa shape index (κ2) is 8.39. The Kier molecular flexibility index (Phi) is 5.51. The standard InChI is InChI=1S/C23H23NO5/c1-27-17-7-5-6-16(12-17)23(26)20-14-29-21-9-8-18(13-19(20)21)28-15-22(25)24-10-3-2-4-11-24/h5-9,12-14H,2-4,10-11,15H2,1H3. The van der Waals surface area contributed by atoms with Crippen molar-refractivity contribution in [2.24, 2.45) is 0 Å². The highest BCUT2D eigenvalue weighted by Gasteiger charge is 2.19. The van der Waals surface area contributed by atoms with Gasteiger partial charge in [0.1, 0.15) is 23.3 Å². The van der Waals surface area contributed by atoms with Crippen LogP contribution in [0.25, 0.3) is 11.0 Å². The summed E-state index contributed by atoms with van der Waals surface area (Å²) < 4.78 is 16.5. The Balaban J connectivity index is 1.52. The Morgan fingerprint density at radius 1 is 1.03 bits per heavy atom. The number of fused-ring (bicyclic) bond motifs is 1. The predicted molar refractivity (Wildman–Crippen MR) is 109 cm³/mol. The van der Waals surface area contributed by atoms with Crippen LogP contribution in [-0.2, 0) is 4.79 Å². The minimum atomic E-state index is -0.163. The minimum absolute atomic E-state index is 0.00956. The Morgan fingerprint density at radius 3 is 2.66 bits per heavy atom. The number of carbonyl (C=O) groups is 2. The van der Waals surface area contributed by atoms with Gasteiger partial charge in [0.25, 0.3) is 5.91 Å². The molecule has 0 N–H and O–H groups in total. The van der Waals surface area contributed by atoms with E-state index in [1.807, 2.05) is 4.90 Å². The van der Waals surface area contributed by atoms with E-state index in [1.54, 1.807) is 49.6 Å². The molecule has 0 atom stereocenters. The van der Waals surface area contributed by atoms with Crippen molar-refractivity contribution >= 4 is 22.7 Å². The van der Waals surface area contributed by atoms with E-state index in [4.69, 9.17) is 13.9 Å². The van der Waals surface area contributed by atoms with E-state index in [0.717, 1.165) is 25.9 Å². The van der Waals surface area contributed by atoms with Gasteiger partial charge in [-0.25, -0.2) is 0 Å². The zero-order valence-corrected chi connectivity index (χ0v) is 16.3. The highest BCUT2D eigenvalue weighted by molar-refractivity contribution is 6.16. The van der Waals surface area contributed by atoms with Crippen LogP contribution in [0.15, 0.2) is 53.1 Å². The number of benzene rings is 2.